The topological polar surface area (TPSA) is 73.6 Å². The van der Waals surface area contributed by atoms with E-state index in [4.69, 9.17) is 15.2 Å². The molecule has 0 saturated carbocycles. The molecule has 1 aliphatic heterocycles. The van der Waals surface area contributed by atoms with Crippen molar-refractivity contribution in [2.24, 2.45) is 11.1 Å². The molecule has 23 heavy (non-hydrogen) atoms. The van der Waals surface area contributed by atoms with Gasteiger partial charge in [-0.3, -0.25) is 4.79 Å². The summed E-state index contributed by atoms with van der Waals surface area (Å²) in [5, 5.41) is 3.51. The number of nitrogens with two attached hydrogens (primary N) is 1. The van der Waals surface area contributed by atoms with Crippen LogP contribution in [0.5, 0.6) is 5.75 Å². The molecule has 2 atom stereocenters. The molecule has 128 valence electrons. The smallest absolute Gasteiger partial charge is 0.225 e. The number of amides is 1. The molecule has 0 unspecified atom stereocenters. The Bertz CT molecular complexity index is 510. The maximum absolute atomic E-state index is 11.9. The Morgan fingerprint density at radius 2 is 1.91 bits per heavy atom. The summed E-state index contributed by atoms with van der Waals surface area (Å²) in [6.07, 6.45) is 1.39. The molecule has 0 bridgehead atoms. The summed E-state index contributed by atoms with van der Waals surface area (Å²) in [6, 6.07) is 8.35. The van der Waals surface area contributed by atoms with Crippen LogP contribution in [0.1, 0.15) is 38.2 Å². The van der Waals surface area contributed by atoms with E-state index in [2.05, 4.69) is 31.3 Å². The van der Waals surface area contributed by atoms with E-state index < -0.39 is 5.41 Å². The van der Waals surface area contributed by atoms with Gasteiger partial charge in [0.1, 0.15) is 5.75 Å². The summed E-state index contributed by atoms with van der Waals surface area (Å²) in [6.45, 7) is 6.14. The highest BCUT2D eigenvalue weighted by atomic mass is 16.5. The van der Waals surface area contributed by atoms with Crippen LogP contribution in [0.15, 0.2) is 24.3 Å². The average Bonchev–Trinajstić information content (AvgIpc) is 2.59. The Hall–Kier alpha value is -1.59. The predicted octanol–water partition coefficient (Wildman–Crippen LogP) is 2.06. The third kappa shape index (κ3) is 4.24. The summed E-state index contributed by atoms with van der Waals surface area (Å²) in [7, 11) is 1.67. The molecular formula is C18H28N2O3. The number of rotatable bonds is 7. The van der Waals surface area contributed by atoms with Crippen molar-refractivity contribution < 1.29 is 14.3 Å². The van der Waals surface area contributed by atoms with Crippen LogP contribution in [0.3, 0.4) is 0 Å². The van der Waals surface area contributed by atoms with Crippen LogP contribution >= 0.6 is 0 Å². The van der Waals surface area contributed by atoms with Crippen molar-refractivity contribution in [1.29, 1.82) is 0 Å². The first-order chi connectivity index (χ1) is 11.0. The van der Waals surface area contributed by atoms with Crippen molar-refractivity contribution in [3.63, 3.8) is 0 Å². The SMILES string of the molecule is COc1ccc([C@@H](C)[C@H](C)NCC2(C(N)=O)CCOCC2)cc1. The lowest BCUT2D eigenvalue weighted by Gasteiger charge is -2.36. The largest absolute Gasteiger partial charge is 0.497 e. The fourth-order valence-corrected chi connectivity index (χ4v) is 3.00. The van der Waals surface area contributed by atoms with E-state index in [1.165, 1.54) is 5.56 Å². The van der Waals surface area contributed by atoms with Gasteiger partial charge in [0, 0.05) is 25.8 Å². The van der Waals surface area contributed by atoms with Gasteiger partial charge < -0.3 is 20.5 Å². The van der Waals surface area contributed by atoms with Crippen LogP contribution in [-0.2, 0) is 9.53 Å². The van der Waals surface area contributed by atoms with E-state index in [1.807, 2.05) is 12.1 Å². The zero-order valence-corrected chi connectivity index (χ0v) is 14.3. The third-order valence-corrected chi connectivity index (χ3v) is 5.13. The molecule has 1 aliphatic rings. The normalized spacial score (nSPS) is 19.8. The molecule has 1 aromatic carbocycles. The molecule has 5 heteroatoms. The number of primary amides is 1. The molecule has 5 nitrogen and oxygen atoms in total. The molecule has 1 amide bonds. The lowest BCUT2D eigenvalue weighted by molar-refractivity contribution is -0.133. The molecule has 0 aromatic heterocycles. The Labute approximate surface area is 138 Å². The van der Waals surface area contributed by atoms with Crippen molar-refractivity contribution in [2.75, 3.05) is 26.9 Å². The average molecular weight is 320 g/mol. The van der Waals surface area contributed by atoms with Gasteiger partial charge in [0.2, 0.25) is 5.91 Å². The number of hydrogen-bond acceptors (Lipinski definition) is 4. The zero-order chi connectivity index (χ0) is 16.9. The van der Waals surface area contributed by atoms with E-state index in [0.717, 1.165) is 5.75 Å². The Balaban J connectivity index is 1.96. The fraction of sp³-hybridized carbons (Fsp3) is 0.611. The van der Waals surface area contributed by atoms with E-state index in [0.29, 0.717) is 38.5 Å². The van der Waals surface area contributed by atoms with E-state index in [1.54, 1.807) is 7.11 Å². The molecule has 1 saturated heterocycles. The van der Waals surface area contributed by atoms with Crippen LogP contribution in [-0.4, -0.2) is 38.8 Å². The summed E-state index contributed by atoms with van der Waals surface area (Å²) in [5.74, 6) is 0.958. The second-order valence-corrected chi connectivity index (χ2v) is 6.49. The maximum atomic E-state index is 11.9. The maximum Gasteiger partial charge on any atom is 0.225 e. The zero-order valence-electron chi connectivity index (χ0n) is 14.3. The first-order valence-corrected chi connectivity index (χ1v) is 8.23. The van der Waals surface area contributed by atoms with Crippen molar-refractivity contribution in [2.45, 2.75) is 38.6 Å². The Kier molecular flexibility index (Phi) is 6.02. The highest BCUT2D eigenvalue weighted by Crippen LogP contribution is 2.30. The molecule has 0 radical (unpaired) electrons. The lowest BCUT2D eigenvalue weighted by atomic mass is 9.79. The van der Waals surface area contributed by atoms with E-state index in [-0.39, 0.29) is 11.9 Å². The molecular weight excluding hydrogens is 292 g/mol. The first kappa shape index (κ1) is 17.8. The van der Waals surface area contributed by atoms with Crippen LogP contribution in [0.25, 0.3) is 0 Å². The molecule has 0 aliphatic carbocycles. The minimum atomic E-state index is -0.480. The van der Waals surface area contributed by atoms with Gasteiger partial charge >= 0.3 is 0 Å². The van der Waals surface area contributed by atoms with Gasteiger partial charge in [-0.05, 0) is 43.4 Å². The highest BCUT2D eigenvalue weighted by molar-refractivity contribution is 5.81. The molecule has 2 rings (SSSR count). The quantitative estimate of drug-likeness (QED) is 0.806. The minimum absolute atomic E-state index is 0.224. The third-order valence-electron chi connectivity index (χ3n) is 5.13. The highest BCUT2D eigenvalue weighted by Gasteiger charge is 2.38. The number of carbonyl (C=O) groups excluding carboxylic acids is 1. The number of nitrogens with one attached hydrogen (secondary N) is 1. The monoisotopic (exact) mass is 320 g/mol. The number of ether oxygens (including phenoxy) is 2. The summed E-state index contributed by atoms with van der Waals surface area (Å²) in [5.41, 5.74) is 6.42. The number of benzene rings is 1. The Morgan fingerprint density at radius 1 is 1.30 bits per heavy atom. The standard InChI is InChI=1S/C18H28N2O3/c1-13(15-4-6-16(22-3)7-5-15)14(2)20-12-18(17(19)21)8-10-23-11-9-18/h4-7,13-14,20H,8-12H2,1-3H3,(H2,19,21)/t13-,14-/m0/s1. The van der Waals surface area contributed by atoms with Crippen LogP contribution < -0.4 is 15.8 Å². The van der Waals surface area contributed by atoms with Crippen molar-refractivity contribution in [3.05, 3.63) is 29.8 Å². The van der Waals surface area contributed by atoms with E-state index >= 15 is 0 Å². The van der Waals surface area contributed by atoms with E-state index in [9.17, 15) is 4.79 Å². The van der Waals surface area contributed by atoms with Crippen LogP contribution in [0.4, 0.5) is 0 Å². The van der Waals surface area contributed by atoms with Crippen molar-refractivity contribution in [1.82, 2.24) is 5.32 Å². The van der Waals surface area contributed by atoms with Gasteiger partial charge in [0.05, 0.1) is 12.5 Å². The van der Waals surface area contributed by atoms with Gasteiger partial charge in [-0.15, -0.1) is 0 Å². The van der Waals surface area contributed by atoms with Gasteiger partial charge in [0.25, 0.3) is 0 Å². The van der Waals surface area contributed by atoms with Crippen LogP contribution in [0, 0.1) is 5.41 Å². The van der Waals surface area contributed by atoms with Crippen molar-refractivity contribution in [3.8, 4) is 5.75 Å². The summed E-state index contributed by atoms with van der Waals surface area (Å²) >= 11 is 0. The molecule has 1 aromatic rings. The molecule has 1 heterocycles. The number of hydrogen-bond donors (Lipinski definition) is 2. The second kappa shape index (κ2) is 7.79. The van der Waals surface area contributed by atoms with Gasteiger partial charge in [-0.25, -0.2) is 0 Å². The number of methoxy groups -OCH3 is 1. The Morgan fingerprint density at radius 3 is 2.43 bits per heavy atom. The number of carbonyl (C=O) groups is 1. The second-order valence-electron chi connectivity index (χ2n) is 6.49. The molecule has 3 N–H and O–H groups in total. The molecule has 1 fully saturated rings. The van der Waals surface area contributed by atoms with Gasteiger partial charge in [-0.2, -0.15) is 0 Å². The first-order valence-electron chi connectivity index (χ1n) is 8.23. The minimum Gasteiger partial charge on any atom is -0.497 e. The lowest BCUT2D eigenvalue weighted by Crippen LogP contribution is -2.50. The van der Waals surface area contributed by atoms with Crippen molar-refractivity contribution >= 4 is 5.91 Å². The van der Waals surface area contributed by atoms with Gasteiger partial charge in [0.15, 0.2) is 0 Å². The van der Waals surface area contributed by atoms with Gasteiger partial charge in [-0.1, -0.05) is 19.1 Å². The van der Waals surface area contributed by atoms with Crippen LogP contribution in [0.2, 0.25) is 0 Å². The predicted molar refractivity (Wildman–Crippen MR) is 90.6 cm³/mol. The fourth-order valence-electron chi connectivity index (χ4n) is 3.00. The summed E-state index contributed by atoms with van der Waals surface area (Å²) < 4.78 is 10.6. The summed E-state index contributed by atoms with van der Waals surface area (Å²) in [4.78, 5) is 11.9. The molecule has 0 spiro atoms.